The number of ketones is 1. The zero-order chi connectivity index (χ0) is 15.8. The second kappa shape index (κ2) is 5.56. The first kappa shape index (κ1) is 14.0. The standard InChI is InChI=1S/C19H13BrN2O/c20-14-6-7-17-15(10-14)13(11-21-17)5-8-19(23)18-9-12-3-1-2-4-16(12)22-18/h1-11,21-22H/b8-5+. The van der Waals surface area contributed by atoms with E-state index < -0.39 is 0 Å². The van der Waals surface area contributed by atoms with Crippen LogP contribution in [0.3, 0.4) is 0 Å². The van der Waals surface area contributed by atoms with E-state index in [9.17, 15) is 4.79 Å². The number of halogens is 1. The minimum Gasteiger partial charge on any atom is -0.361 e. The highest BCUT2D eigenvalue weighted by molar-refractivity contribution is 9.10. The first-order chi connectivity index (χ1) is 11.2. The van der Waals surface area contributed by atoms with Crippen molar-refractivity contribution in [2.24, 2.45) is 0 Å². The largest absolute Gasteiger partial charge is 0.361 e. The Labute approximate surface area is 141 Å². The van der Waals surface area contributed by atoms with E-state index in [1.807, 2.05) is 60.8 Å². The van der Waals surface area contributed by atoms with E-state index >= 15 is 0 Å². The van der Waals surface area contributed by atoms with E-state index in [4.69, 9.17) is 0 Å². The number of para-hydroxylation sites is 1. The first-order valence-electron chi connectivity index (χ1n) is 7.27. The molecule has 112 valence electrons. The molecular weight excluding hydrogens is 352 g/mol. The van der Waals surface area contributed by atoms with E-state index in [0.29, 0.717) is 5.69 Å². The van der Waals surface area contributed by atoms with Crippen molar-refractivity contribution in [3.8, 4) is 0 Å². The van der Waals surface area contributed by atoms with Gasteiger partial charge in [0.2, 0.25) is 5.78 Å². The Hall–Kier alpha value is -2.59. The number of benzene rings is 2. The molecule has 0 spiro atoms. The Bertz CT molecular complexity index is 1020. The highest BCUT2D eigenvalue weighted by Gasteiger charge is 2.07. The zero-order valence-corrected chi connectivity index (χ0v) is 13.7. The molecular formula is C19H13BrN2O. The van der Waals surface area contributed by atoms with Gasteiger partial charge in [0, 0.05) is 32.5 Å². The molecule has 2 aromatic carbocycles. The lowest BCUT2D eigenvalue weighted by molar-refractivity contribution is 0.104. The third kappa shape index (κ3) is 2.62. The summed E-state index contributed by atoms with van der Waals surface area (Å²) in [6.07, 6.45) is 5.36. The van der Waals surface area contributed by atoms with Gasteiger partial charge in [0.1, 0.15) is 0 Å². The summed E-state index contributed by atoms with van der Waals surface area (Å²) in [7, 11) is 0. The van der Waals surface area contributed by atoms with Gasteiger partial charge in [-0.15, -0.1) is 0 Å². The maximum Gasteiger partial charge on any atom is 0.202 e. The van der Waals surface area contributed by atoms with Gasteiger partial charge in [-0.05, 0) is 48.0 Å². The van der Waals surface area contributed by atoms with Crippen molar-refractivity contribution in [2.45, 2.75) is 0 Å². The number of hydrogen-bond donors (Lipinski definition) is 2. The summed E-state index contributed by atoms with van der Waals surface area (Å²) in [5.74, 6) is -0.0365. The van der Waals surface area contributed by atoms with Crippen LogP contribution in [0.5, 0.6) is 0 Å². The van der Waals surface area contributed by atoms with Crippen LogP contribution >= 0.6 is 15.9 Å². The van der Waals surface area contributed by atoms with Gasteiger partial charge >= 0.3 is 0 Å². The van der Waals surface area contributed by atoms with Crippen molar-refractivity contribution in [2.75, 3.05) is 0 Å². The van der Waals surface area contributed by atoms with Gasteiger partial charge in [0.05, 0.1) is 5.69 Å². The van der Waals surface area contributed by atoms with Crippen molar-refractivity contribution in [1.82, 2.24) is 9.97 Å². The predicted molar refractivity (Wildman–Crippen MR) is 97.7 cm³/mol. The molecule has 0 atom stereocenters. The van der Waals surface area contributed by atoms with Gasteiger partial charge in [-0.3, -0.25) is 4.79 Å². The SMILES string of the molecule is O=C(/C=C/c1c[nH]c2ccc(Br)cc12)c1cc2ccccc2[nH]1. The van der Waals surface area contributed by atoms with Crippen LogP contribution in [0.4, 0.5) is 0 Å². The molecule has 3 nitrogen and oxygen atoms in total. The fourth-order valence-electron chi connectivity index (χ4n) is 2.71. The Morgan fingerprint density at radius 1 is 1.04 bits per heavy atom. The number of hydrogen-bond acceptors (Lipinski definition) is 1. The Balaban J connectivity index is 1.66. The number of aromatic nitrogens is 2. The zero-order valence-electron chi connectivity index (χ0n) is 12.1. The third-order valence-electron chi connectivity index (χ3n) is 3.89. The molecule has 0 unspecified atom stereocenters. The van der Waals surface area contributed by atoms with E-state index in [1.54, 1.807) is 6.08 Å². The molecule has 0 bridgehead atoms. The van der Waals surface area contributed by atoms with Gasteiger partial charge in [-0.25, -0.2) is 0 Å². The Morgan fingerprint density at radius 2 is 1.91 bits per heavy atom. The molecule has 0 aliphatic carbocycles. The number of rotatable bonds is 3. The maximum atomic E-state index is 12.4. The van der Waals surface area contributed by atoms with E-state index in [1.165, 1.54) is 0 Å². The molecule has 4 heteroatoms. The highest BCUT2D eigenvalue weighted by atomic mass is 79.9. The highest BCUT2D eigenvalue weighted by Crippen LogP contribution is 2.24. The smallest absolute Gasteiger partial charge is 0.202 e. The molecule has 0 aliphatic heterocycles. The maximum absolute atomic E-state index is 12.4. The molecule has 4 rings (SSSR count). The van der Waals surface area contributed by atoms with Crippen LogP contribution in [-0.2, 0) is 0 Å². The van der Waals surface area contributed by atoms with E-state index in [-0.39, 0.29) is 5.78 Å². The molecule has 0 saturated carbocycles. The number of H-pyrrole nitrogens is 2. The van der Waals surface area contributed by atoms with Crippen LogP contribution in [0.15, 0.2) is 65.3 Å². The van der Waals surface area contributed by atoms with E-state index in [0.717, 1.165) is 31.8 Å². The summed E-state index contributed by atoms with van der Waals surface area (Å²) in [6.45, 7) is 0. The van der Waals surface area contributed by atoms with Crippen LogP contribution in [0, 0.1) is 0 Å². The fraction of sp³-hybridized carbons (Fsp3) is 0. The molecule has 4 aromatic rings. The monoisotopic (exact) mass is 364 g/mol. The topological polar surface area (TPSA) is 48.6 Å². The van der Waals surface area contributed by atoms with Gasteiger partial charge in [-0.1, -0.05) is 34.1 Å². The van der Waals surface area contributed by atoms with Crippen molar-refractivity contribution in [3.63, 3.8) is 0 Å². The van der Waals surface area contributed by atoms with Crippen molar-refractivity contribution < 1.29 is 4.79 Å². The average Bonchev–Trinajstić information content (AvgIpc) is 3.16. The Kier molecular flexibility index (Phi) is 3.39. The van der Waals surface area contributed by atoms with Gasteiger partial charge < -0.3 is 9.97 Å². The van der Waals surface area contributed by atoms with Crippen LogP contribution < -0.4 is 0 Å². The summed E-state index contributed by atoms with van der Waals surface area (Å²) in [5, 5.41) is 2.13. The van der Waals surface area contributed by atoms with Crippen molar-refractivity contribution in [1.29, 1.82) is 0 Å². The number of carbonyl (C=O) groups is 1. The average molecular weight is 365 g/mol. The predicted octanol–water partition coefficient (Wildman–Crippen LogP) is 5.31. The van der Waals surface area contributed by atoms with Crippen LogP contribution in [0.25, 0.3) is 27.9 Å². The fourth-order valence-corrected chi connectivity index (χ4v) is 3.07. The van der Waals surface area contributed by atoms with Crippen LogP contribution in [-0.4, -0.2) is 15.8 Å². The van der Waals surface area contributed by atoms with Gasteiger partial charge in [0.25, 0.3) is 0 Å². The Morgan fingerprint density at radius 3 is 2.78 bits per heavy atom. The van der Waals surface area contributed by atoms with Crippen molar-refractivity contribution in [3.05, 3.63) is 76.5 Å². The lowest BCUT2D eigenvalue weighted by atomic mass is 10.1. The summed E-state index contributed by atoms with van der Waals surface area (Å²) >= 11 is 3.48. The number of nitrogens with one attached hydrogen (secondary N) is 2. The molecule has 0 aliphatic rings. The minimum atomic E-state index is -0.0365. The van der Waals surface area contributed by atoms with Crippen molar-refractivity contribution >= 4 is 49.6 Å². The minimum absolute atomic E-state index is 0.0365. The van der Waals surface area contributed by atoms with Crippen LogP contribution in [0.2, 0.25) is 0 Å². The summed E-state index contributed by atoms with van der Waals surface area (Å²) in [5.41, 5.74) is 3.61. The molecule has 0 saturated heterocycles. The normalized spacial score (nSPS) is 11.7. The molecule has 2 heterocycles. The molecule has 0 radical (unpaired) electrons. The summed E-state index contributed by atoms with van der Waals surface area (Å²) in [4.78, 5) is 18.7. The lowest BCUT2D eigenvalue weighted by Gasteiger charge is -1.94. The molecule has 2 aromatic heterocycles. The van der Waals surface area contributed by atoms with Gasteiger partial charge in [0.15, 0.2) is 0 Å². The summed E-state index contributed by atoms with van der Waals surface area (Å²) < 4.78 is 1.01. The summed E-state index contributed by atoms with van der Waals surface area (Å²) in [6, 6.07) is 15.8. The number of allylic oxidation sites excluding steroid dienone is 1. The second-order valence-electron chi connectivity index (χ2n) is 5.40. The van der Waals surface area contributed by atoms with E-state index in [2.05, 4.69) is 25.9 Å². The number of aromatic amines is 2. The first-order valence-corrected chi connectivity index (χ1v) is 8.07. The van der Waals surface area contributed by atoms with Crippen LogP contribution in [0.1, 0.15) is 16.1 Å². The molecule has 2 N–H and O–H groups in total. The molecule has 0 fully saturated rings. The second-order valence-corrected chi connectivity index (χ2v) is 6.32. The number of fused-ring (bicyclic) bond motifs is 2. The molecule has 0 amide bonds. The molecule has 23 heavy (non-hydrogen) atoms. The quantitative estimate of drug-likeness (QED) is 0.375. The lowest BCUT2D eigenvalue weighted by Crippen LogP contribution is -1.93. The van der Waals surface area contributed by atoms with Gasteiger partial charge in [-0.2, -0.15) is 0 Å². The number of carbonyl (C=O) groups excluding carboxylic acids is 1. The third-order valence-corrected chi connectivity index (χ3v) is 4.38.